The molecule has 1 N–H and O–H groups in total. The van der Waals surface area contributed by atoms with Crippen LogP contribution in [0.25, 0.3) is 0 Å². The molecular weight excluding hydrogens is 514 g/mol. The molecule has 1 atom stereocenters. The maximum Gasteiger partial charge on any atom is 0.294 e. The van der Waals surface area contributed by atoms with Crippen LogP contribution in [0.4, 0.5) is 0 Å². The lowest BCUT2D eigenvalue weighted by atomic mass is 9.85. The number of rotatable bonds is 7. The van der Waals surface area contributed by atoms with Crippen LogP contribution in [0.15, 0.2) is 71.6 Å². The molecule has 0 aromatic heterocycles. The van der Waals surface area contributed by atoms with E-state index < -0.39 is 10.1 Å². The molecule has 5 rings (SSSR count). The minimum Gasteiger partial charge on any atom is -0.493 e. The average Bonchev–Trinajstić information content (AvgIpc) is 3.23. The predicted molar refractivity (Wildman–Crippen MR) is 151 cm³/mol. The number of hydrogen-bond donors (Lipinski definition) is 1. The largest absolute Gasteiger partial charge is 0.493 e. The summed E-state index contributed by atoms with van der Waals surface area (Å²) in [5.74, 6) is 2.38. The Balaban J connectivity index is 0.000000270. The van der Waals surface area contributed by atoms with Crippen molar-refractivity contribution in [2.24, 2.45) is 11.8 Å². The van der Waals surface area contributed by atoms with Crippen LogP contribution in [0, 0.1) is 18.8 Å². The second kappa shape index (κ2) is 12.8. The highest BCUT2D eigenvalue weighted by Gasteiger charge is 2.34. The summed E-state index contributed by atoms with van der Waals surface area (Å²) in [6, 6.07) is 20.8. The number of carbonyl (C=O) groups excluding carboxylic acids is 1. The van der Waals surface area contributed by atoms with Gasteiger partial charge in [-0.3, -0.25) is 14.2 Å². The molecule has 208 valence electrons. The van der Waals surface area contributed by atoms with Crippen molar-refractivity contribution in [2.75, 3.05) is 27.3 Å². The lowest BCUT2D eigenvalue weighted by molar-refractivity contribution is 0.0895. The number of likely N-dealkylation sites (tertiary alicyclic amines) is 1. The smallest absolute Gasteiger partial charge is 0.294 e. The number of fused-ring (bicyclic) bond motifs is 1. The zero-order valence-electron chi connectivity index (χ0n) is 22.8. The molecule has 0 amide bonds. The first-order chi connectivity index (χ1) is 18.7. The molecule has 2 aliphatic rings. The lowest BCUT2D eigenvalue weighted by Crippen LogP contribution is -2.34. The fourth-order valence-corrected chi connectivity index (χ4v) is 6.28. The molecule has 39 heavy (non-hydrogen) atoms. The van der Waals surface area contributed by atoms with Gasteiger partial charge in [-0.25, -0.2) is 0 Å². The second-order valence-electron chi connectivity index (χ2n) is 10.3. The van der Waals surface area contributed by atoms with Gasteiger partial charge in [-0.05, 0) is 86.5 Å². The normalized spacial score (nSPS) is 17.7. The lowest BCUT2D eigenvalue weighted by Gasteiger charge is -2.32. The van der Waals surface area contributed by atoms with Gasteiger partial charge in [0.25, 0.3) is 10.1 Å². The highest BCUT2D eigenvalue weighted by atomic mass is 32.2. The fourth-order valence-electron chi connectivity index (χ4n) is 5.56. The van der Waals surface area contributed by atoms with Crippen molar-refractivity contribution < 1.29 is 27.2 Å². The van der Waals surface area contributed by atoms with Gasteiger partial charge in [0, 0.05) is 18.0 Å². The van der Waals surface area contributed by atoms with Crippen molar-refractivity contribution in [3.05, 3.63) is 89.0 Å². The molecule has 1 aliphatic carbocycles. The molecule has 1 fully saturated rings. The van der Waals surface area contributed by atoms with Crippen LogP contribution in [0.1, 0.15) is 46.3 Å². The Kier molecular flexibility index (Phi) is 9.43. The van der Waals surface area contributed by atoms with Crippen molar-refractivity contribution in [3.8, 4) is 11.5 Å². The summed E-state index contributed by atoms with van der Waals surface area (Å²) in [7, 11) is -0.777. The summed E-state index contributed by atoms with van der Waals surface area (Å²) in [6.07, 6.45) is 4.19. The molecule has 1 unspecified atom stereocenters. The Bertz CT molecular complexity index is 1380. The van der Waals surface area contributed by atoms with E-state index in [9.17, 15) is 13.2 Å². The van der Waals surface area contributed by atoms with Gasteiger partial charge in [0.1, 0.15) is 0 Å². The number of aryl methyl sites for hydroxylation is 1. The monoisotopic (exact) mass is 551 g/mol. The van der Waals surface area contributed by atoms with Crippen molar-refractivity contribution in [1.82, 2.24) is 4.90 Å². The zero-order valence-corrected chi connectivity index (χ0v) is 23.6. The SMILES string of the molecule is COc1cc2c(cc1OC)C(=O)C(CC1CCN(Cc3ccccc3)CC1)C2.Cc1ccccc1S(=O)(=O)O. The fraction of sp³-hybridized carbons (Fsp3) is 0.387. The maximum absolute atomic E-state index is 12.9. The molecule has 1 heterocycles. The first-order valence-corrected chi connectivity index (χ1v) is 14.7. The topological polar surface area (TPSA) is 93.1 Å². The summed E-state index contributed by atoms with van der Waals surface area (Å²) in [5, 5.41) is 0. The van der Waals surface area contributed by atoms with E-state index in [-0.39, 0.29) is 16.6 Å². The number of piperidine rings is 1. The van der Waals surface area contributed by atoms with Crippen LogP contribution in [-0.4, -0.2) is 51.0 Å². The molecular formula is C31H37NO6S. The quantitative estimate of drug-likeness (QED) is 0.382. The molecule has 0 radical (unpaired) electrons. The minimum atomic E-state index is -4.03. The van der Waals surface area contributed by atoms with E-state index in [1.54, 1.807) is 39.3 Å². The zero-order chi connectivity index (χ0) is 28.0. The molecule has 1 aliphatic heterocycles. The Labute approximate surface area is 231 Å². The van der Waals surface area contributed by atoms with Crippen LogP contribution in [0.2, 0.25) is 0 Å². The van der Waals surface area contributed by atoms with Crippen molar-refractivity contribution in [2.45, 2.75) is 44.0 Å². The number of carbonyl (C=O) groups is 1. The Morgan fingerprint density at radius 2 is 1.54 bits per heavy atom. The molecule has 3 aromatic rings. The van der Waals surface area contributed by atoms with E-state index in [2.05, 4.69) is 35.2 Å². The van der Waals surface area contributed by atoms with E-state index in [4.69, 9.17) is 14.0 Å². The van der Waals surface area contributed by atoms with Gasteiger partial charge in [0.15, 0.2) is 17.3 Å². The summed E-state index contributed by atoms with van der Waals surface area (Å²) in [4.78, 5) is 15.4. The van der Waals surface area contributed by atoms with Gasteiger partial charge < -0.3 is 9.47 Å². The van der Waals surface area contributed by atoms with Crippen LogP contribution in [-0.2, 0) is 23.1 Å². The summed E-state index contributed by atoms with van der Waals surface area (Å²) < 4.78 is 40.6. The molecule has 8 heteroatoms. The Hall–Kier alpha value is -3.20. The van der Waals surface area contributed by atoms with E-state index in [0.717, 1.165) is 43.6 Å². The summed E-state index contributed by atoms with van der Waals surface area (Å²) >= 11 is 0. The van der Waals surface area contributed by atoms with E-state index in [0.29, 0.717) is 23.0 Å². The number of Topliss-reactive ketones (excluding diaryl/α,β-unsaturated/α-hetero) is 1. The van der Waals surface area contributed by atoms with Gasteiger partial charge in [0.2, 0.25) is 0 Å². The van der Waals surface area contributed by atoms with Gasteiger partial charge in [0.05, 0.1) is 19.1 Å². The number of hydrogen-bond acceptors (Lipinski definition) is 6. The third kappa shape index (κ3) is 7.26. The molecule has 0 bridgehead atoms. The molecule has 1 saturated heterocycles. The minimum absolute atomic E-state index is 0.0278. The number of benzene rings is 3. The van der Waals surface area contributed by atoms with E-state index in [1.807, 2.05) is 12.1 Å². The average molecular weight is 552 g/mol. The van der Waals surface area contributed by atoms with Gasteiger partial charge in [-0.2, -0.15) is 8.42 Å². The number of ether oxygens (including phenoxy) is 2. The Morgan fingerprint density at radius 1 is 0.923 bits per heavy atom. The van der Waals surface area contributed by atoms with Crippen LogP contribution in [0.5, 0.6) is 11.5 Å². The molecule has 3 aromatic carbocycles. The van der Waals surface area contributed by atoms with Crippen LogP contribution >= 0.6 is 0 Å². The third-order valence-corrected chi connectivity index (χ3v) is 8.67. The first-order valence-electron chi connectivity index (χ1n) is 13.3. The predicted octanol–water partition coefficient (Wildman–Crippen LogP) is 5.60. The number of ketones is 1. The number of methoxy groups -OCH3 is 2. The van der Waals surface area contributed by atoms with Gasteiger partial charge >= 0.3 is 0 Å². The Morgan fingerprint density at radius 3 is 2.13 bits per heavy atom. The van der Waals surface area contributed by atoms with Crippen molar-refractivity contribution >= 4 is 15.9 Å². The third-order valence-electron chi connectivity index (χ3n) is 7.66. The highest BCUT2D eigenvalue weighted by Crippen LogP contribution is 2.39. The maximum atomic E-state index is 12.9. The molecule has 0 spiro atoms. The van der Waals surface area contributed by atoms with E-state index in [1.165, 1.54) is 24.5 Å². The highest BCUT2D eigenvalue weighted by molar-refractivity contribution is 7.85. The summed E-state index contributed by atoms with van der Waals surface area (Å²) in [6.45, 7) is 4.90. The summed E-state index contributed by atoms with van der Waals surface area (Å²) in [5.41, 5.74) is 3.86. The number of nitrogens with zero attached hydrogens (tertiary/aromatic N) is 1. The van der Waals surface area contributed by atoms with Gasteiger partial charge in [-0.15, -0.1) is 0 Å². The van der Waals surface area contributed by atoms with Crippen LogP contribution in [0.3, 0.4) is 0 Å². The van der Waals surface area contributed by atoms with Crippen LogP contribution < -0.4 is 9.47 Å². The second-order valence-corrected chi connectivity index (χ2v) is 11.7. The van der Waals surface area contributed by atoms with Crippen molar-refractivity contribution in [3.63, 3.8) is 0 Å². The molecule has 0 saturated carbocycles. The first kappa shape index (κ1) is 28.8. The van der Waals surface area contributed by atoms with Crippen molar-refractivity contribution in [1.29, 1.82) is 0 Å². The standard InChI is InChI=1S/C24H29NO3.C7H8O3S/c1-27-22-14-19-13-20(24(26)21(19)15-23(22)28-2)12-17-8-10-25(11-9-17)16-18-6-4-3-5-7-18;1-6-4-2-3-5-7(6)11(8,9)10/h3-7,14-15,17,20H,8-13,16H2,1-2H3;2-5H,1H3,(H,8,9,10). The van der Waals surface area contributed by atoms with E-state index >= 15 is 0 Å². The molecule has 7 nitrogen and oxygen atoms in total. The van der Waals surface area contributed by atoms with Gasteiger partial charge in [-0.1, -0.05) is 48.5 Å².